The molecule has 0 atom stereocenters. The normalized spacial score (nSPS) is 10.7. The first-order valence-corrected chi connectivity index (χ1v) is 13.2. The number of carbonyl (C=O) groups excluding carboxylic acids is 1. The van der Waals surface area contributed by atoms with Crippen LogP contribution in [0.15, 0.2) is 73.3 Å². The van der Waals surface area contributed by atoms with Crippen LogP contribution < -0.4 is 0 Å². The summed E-state index contributed by atoms with van der Waals surface area (Å²) in [5.41, 5.74) is 7.84. The molecule has 37 heavy (non-hydrogen) atoms. The second-order valence-electron chi connectivity index (χ2n) is 8.41. The van der Waals surface area contributed by atoms with E-state index in [-0.39, 0.29) is 5.78 Å². The molecule has 0 fully saturated rings. The van der Waals surface area contributed by atoms with Gasteiger partial charge < -0.3 is 5.11 Å². The van der Waals surface area contributed by atoms with E-state index in [4.69, 9.17) is 0 Å². The Morgan fingerprint density at radius 1 is 1.03 bits per heavy atom. The third-order valence-corrected chi connectivity index (χ3v) is 5.55. The lowest BCUT2D eigenvalue weighted by Crippen LogP contribution is -2.02. The summed E-state index contributed by atoms with van der Waals surface area (Å²) >= 11 is 0. The maximum absolute atomic E-state index is 11.9. The number of pyridine rings is 1. The van der Waals surface area contributed by atoms with Gasteiger partial charge in [0.2, 0.25) is 0 Å². The van der Waals surface area contributed by atoms with Crippen LogP contribution in [0.5, 0.6) is 5.75 Å². The highest BCUT2D eigenvalue weighted by Gasteiger charge is 2.13. The molecule has 0 spiro atoms. The van der Waals surface area contributed by atoms with Crippen molar-refractivity contribution in [3.05, 3.63) is 101 Å². The Labute approximate surface area is 224 Å². The van der Waals surface area contributed by atoms with Crippen LogP contribution in [0, 0.1) is 6.92 Å². The maximum Gasteiger partial charge on any atom is 0.160 e. The second kappa shape index (κ2) is 16.9. The number of aromatic hydroxyl groups is 1. The molecule has 0 saturated carbocycles. The summed E-state index contributed by atoms with van der Waals surface area (Å²) in [5.74, 6) is 0.354. The zero-order valence-electron chi connectivity index (χ0n) is 23.6. The number of hydrogen-bond acceptors (Lipinski definition) is 3. The lowest BCUT2D eigenvalue weighted by atomic mass is 9.99. The van der Waals surface area contributed by atoms with Crippen molar-refractivity contribution in [1.82, 2.24) is 4.98 Å². The number of Topliss-reactive ketones (excluding diaryl/α,β-unsaturated/α-hetero) is 1. The Kier molecular flexibility index (Phi) is 14.3. The summed E-state index contributed by atoms with van der Waals surface area (Å²) in [5, 5.41) is 9.18. The molecule has 3 rings (SSSR count). The van der Waals surface area contributed by atoms with E-state index in [9.17, 15) is 9.90 Å². The zero-order valence-corrected chi connectivity index (χ0v) is 23.6. The zero-order chi connectivity index (χ0) is 27.8. The third kappa shape index (κ3) is 9.69. The third-order valence-electron chi connectivity index (χ3n) is 5.55. The highest BCUT2D eigenvalue weighted by atomic mass is 16.3. The lowest BCUT2D eigenvalue weighted by molar-refractivity contribution is 0.101. The van der Waals surface area contributed by atoms with Gasteiger partial charge in [-0.1, -0.05) is 101 Å². The molecule has 3 aromatic rings. The number of hydrogen-bond donors (Lipinski definition) is 1. The molecule has 0 unspecified atom stereocenters. The van der Waals surface area contributed by atoms with E-state index in [0.717, 1.165) is 41.8 Å². The topological polar surface area (TPSA) is 50.2 Å². The molecular formula is C34H43NO2. The summed E-state index contributed by atoms with van der Waals surface area (Å²) in [4.78, 5) is 16.6. The van der Waals surface area contributed by atoms with Crippen LogP contribution in [0.3, 0.4) is 0 Å². The molecule has 0 bridgehead atoms. The fourth-order valence-electron chi connectivity index (χ4n) is 3.79. The summed E-state index contributed by atoms with van der Waals surface area (Å²) in [6.45, 7) is 17.7. The first-order valence-electron chi connectivity index (χ1n) is 13.2. The number of ketones is 1. The van der Waals surface area contributed by atoms with E-state index in [1.54, 1.807) is 25.1 Å². The van der Waals surface area contributed by atoms with Crippen molar-refractivity contribution in [2.45, 2.75) is 67.7 Å². The number of rotatable bonds is 8. The highest BCUT2D eigenvalue weighted by Crippen LogP contribution is 2.25. The van der Waals surface area contributed by atoms with Crippen LogP contribution in [0.4, 0.5) is 0 Å². The molecular weight excluding hydrogens is 454 g/mol. The van der Waals surface area contributed by atoms with Crippen LogP contribution in [0.2, 0.25) is 0 Å². The number of phenolic OH excluding ortho intramolecular Hbond substituents is 1. The van der Waals surface area contributed by atoms with Crippen molar-refractivity contribution in [2.24, 2.45) is 0 Å². The Bertz CT molecular complexity index is 1180. The van der Waals surface area contributed by atoms with E-state index >= 15 is 0 Å². The van der Waals surface area contributed by atoms with Gasteiger partial charge in [0.25, 0.3) is 0 Å². The average molecular weight is 498 g/mol. The lowest BCUT2D eigenvalue weighted by Gasteiger charge is -2.10. The number of carbonyl (C=O) groups is 1. The van der Waals surface area contributed by atoms with Gasteiger partial charge in [-0.25, -0.2) is 4.98 Å². The molecule has 0 aliphatic heterocycles. The van der Waals surface area contributed by atoms with Gasteiger partial charge in [-0.3, -0.25) is 4.79 Å². The first kappa shape index (κ1) is 31.3. The van der Waals surface area contributed by atoms with Crippen molar-refractivity contribution >= 4 is 23.5 Å². The average Bonchev–Trinajstić information content (AvgIpc) is 2.91. The fourth-order valence-corrected chi connectivity index (χ4v) is 3.79. The number of benzene rings is 2. The van der Waals surface area contributed by atoms with Gasteiger partial charge in [-0.15, -0.1) is 0 Å². The monoisotopic (exact) mass is 497 g/mol. The molecule has 1 heterocycles. The van der Waals surface area contributed by atoms with Crippen LogP contribution >= 0.6 is 0 Å². The minimum atomic E-state index is 0.0198. The van der Waals surface area contributed by atoms with E-state index < -0.39 is 0 Å². The van der Waals surface area contributed by atoms with Gasteiger partial charge in [0, 0.05) is 16.7 Å². The molecule has 3 heteroatoms. The molecule has 2 aromatic carbocycles. The van der Waals surface area contributed by atoms with E-state index in [0.29, 0.717) is 11.3 Å². The van der Waals surface area contributed by atoms with Gasteiger partial charge in [0.1, 0.15) is 5.75 Å². The molecule has 1 aromatic heterocycles. The number of aryl methyl sites for hydroxylation is 1. The standard InChI is InChI=1S/C19H19NO.C13H18O.C2H6/c1-5-7-18-16(6-2)17(14(4)21)12-19(20-18)15-10-8-13(3)9-11-15;1-3-5-11(6-4-2)12-7-9-13(14)10-8-12;1-2/h5-12H,2H2,1,3-4H3;5,7-10,14H,3-4,6H2,1-2H3;1-2H3/b7-5-;11-5+;. The van der Waals surface area contributed by atoms with Gasteiger partial charge in [0.05, 0.1) is 11.4 Å². The molecule has 0 radical (unpaired) electrons. The smallest absolute Gasteiger partial charge is 0.160 e. The predicted molar refractivity (Wildman–Crippen MR) is 162 cm³/mol. The predicted octanol–water partition coefficient (Wildman–Crippen LogP) is 9.95. The summed E-state index contributed by atoms with van der Waals surface area (Å²) < 4.78 is 0. The Hall–Kier alpha value is -3.72. The van der Waals surface area contributed by atoms with Gasteiger partial charge in [-0.05, 0) is 69.0 Å². The molecule has 3 nitrogen and oxygen atoms in total. The molecule has 196 valence electrons. The fraction of sp³-hybridized carbons (Fsp3) is 0.294. The van der Waals surface area contributed by atoms with Gasteiger partial charge in [0.15, 0.2) is 5.78 Å². The number of nitrogens with zero attached hydrogens (tertiary/aromatic N) is 1. The molecule has 0 amide bonds. The van der Waals surface area contributed by atoms with Crippen molar-refractivity contribution in [2.75, 3.05) is 0 Å². The minimum absolute atomic E-state index is 0.0198. The van der Waals surface area contributed by atoms with Crippen molar-refractivity contribution < 1.29 is 9.90 Å². The van der Waals surface area contributed by atoms with Crippen LogP contribution in [-0.2, 0) is 0 Å². The molecule has 0 aliphatic carbocycles. The number of aromatic nitrogens is 1. The highest BCUT2D eigenvalue weighted by molar-refractivity contribution is 5.99. The minimum Gasteiger partial charge on any atom is -0.508 e. The number of phenols is 1. The summed E-state index contributed by atoms with van der Waals surface area (Å²) in [6.07, 6.45) is 11.1. The van der Waals surface area contributed by atoms with E-state index in [1.807, 2.05) is 82.3 Å². The van der Waals surface area contributed by atoms with Gasteiger partial charge in [-0.2, -0.15) is 0 Å². The number of allylic oxidation sites excluding steroid dienone is 3. The second-order valence-corrected chi connectivity index (χ2v) is 8.41. The first-order chi connectivity index (χ1) is 17.8. The van der Waals surface area contributed by atoms with Crippen molar-refractivity contribution in [3.63, 3.8) is 0 Å². The quantitative estimate of drug-likeness (QED) is 0.315. The SMILES string of the molecule is C=Cc1c(C(C)=O)cc(-c2ccc(C)cc2)nc1/C=C\C.CC.CC/C=C(\CCC)c1ccc(O)cc1. The van der Waals surface area contributed by atoms with E-state index in [2.05, 4.69) is 31.5 Å². The molecule has 0 aliphatic rings. The van der Waals surface area contributed by atoms with Crippen molar-refractivity contribution in [3.8, 4) is 17.0 Å². The van der Waals surface area contributed by atoms with Crippen LogP contribution in [0.25, 0.3) is 29.0 Å². The van der Waals surface area contributed by atoms with Gasteiger partial charge >= 0.3 is 0 Å². The Balaban J connectivity index is 0.000000372. The van der Waals surface area contributed by atoms with Crippen LogP contribution in [-0.4, -0.2) is 15.9 Å². The maximum atomic E-state index is 11.9. The summed E-state index contributed by atoms with van der Waals surface area (Å²) in [6, 6.07) is 17.4. The Morgan fingerprint density at radius 2 is 1.65 bits per heavy atom. The molecule has 1 N–H and O–H groups in total. The van der Waals surface area contributed by atoms with E-state index in [1.165, 1.54) is 16.7 Å². The Morgan fingerprint density at radius 3 is 2.14 bits per heavy atom. The van der Waals surface area contributed by atoms with Crippen LogP contribution in [0.1, 0.15) is 93.5 Å². The summed E-state index contributed by atoms with van der Waals surface area (Å²) in [7, 11) is 0. The van der Waals surface area contributed by atoms with Crippen molar-refractivity contribution in [1.29, 1.82) is 0 Å². The molecule has 0 saturated heterocycles. The largest absolute Gasteiger partial charge is 0.508 e.